The Morgan fingerprint density at radius 1 is 1.00 bits per heavy atom. The van der Waals surface area contributed by atoms with Crippen molar-refractivity contribution in [3.63, 3.8) is 0 Å². The Morgan fingerprint density at radius 3 is 2.48 bits per heavy atom. The van der Waals surface area contributed by atoms with Gasteiger partial charge in [0.1, 0.15) is 0 Å². The average Bonchev–Trinajstić information content (AvgIpc) is 3.15. The van der Waals surface area contributed by atoms with Gasteiger partial charge in [0.2, 0.25) is 5.95 Å². The summed E-state index contributed by atoms with van der Waals surface area (Å²) in [4.78, 5) is 17.6. The van der Waals surface area contributed by atoms with Gasteiger partial charge in [-0.3, -0.25) is 4.98 Å². The molecule has 0 saturated heterocycles. The van der Waals surface area contributed by atoms with E-state index < -0.39 is 11.7 Å². The summed E-state index contributed by atoms with van der Waals surface area (Å²) in [6, 6.07) is 8.89. The molecule has 1 aromatic carbocycles. The van der Waals surface area contributed by atoms with Crippen LogP contribution in [-0.2, 0) is 19.3 Å². The number of halogens is 3. The molecular weight excluding hydrogens is 407 g/mol. The molecule has 0 bridgehead atoms. The molecule has 4 aromatic rings. The van der Waals surface area contributed by atoms with Crippen LogP contribution in [0.3, 0.4) is 0 Å². The third kappa shape index (κ3) is 4.73. The second kappa shape index (κ2) is 8.58. The Morgan fingerprint density at radius 2 is 1.81 bits per heavy atom. The van der Waals surface area contributed by atoms with E-state index in [-0.39, 0.29) is 0 Å². The predicted molar refractivity (Wildman–Crippen MR) is 112 cm³/mol. The highest BCUT2D eigenvalue weighted by molar-refractivity contribution is 5.84. The van der Waals surface area contributed by atoms with Gasteiger partial charge in [-0.15, -0.1) is 0 Å². The molecule has 0 saturated carbocycles. The van der Waals surface area contributed by atoms with Crippen LogP contribution in [-0.4, -0.2) is 31.0 Å². The highest BCUT2D eigenvalue weighted by atomic mass is 19.4. The summed E-state index contributed by atoms with van der Waals surface area (Å²) in [6.45, 7) is 3.42. The second-order valence-electron chi connectivity index (χ2n) is 6.88. The zero-order valence-corrected chi connectivity index (χ0v) is 16.7. The number of imidazole rings is 1. The lowest BCUT2D eigenvalue weighted by molar-refractivity contribution is -0.137. The van der Waals surface area contributed by atoms with Crippen molar-refractivity contribution in [3.8, 4) is 0 Å². The van der Waals surface area contributed by atoms with Gasteiger partial charge in [-0.1, -0.05) is 18.2 Å². The normalized spacial score (nSPS) is 11.6. The van der Waals surface area contributed by atoms with E-state index in [2.05, 4.69) is 30.6 Å². The zero-order valence-electron chi connectivity index (χ0n) is 16.7. The van der Waals surface area contributed by atoms with E-state index in [1.807, 2.05) is 19.1 Å². The molecule has 10 heteroatoms. The summed E-state index contributed by atoms with van der Waals surface area (Å²) in [7, 11) is 0. The van der Waals surface area contributed by atoms with E-state index in [1.54, 1.807) is 23.3 Å². The average molecular weight is 427 g/mol. The van der Waals surface area contributed by atoms with Crippen LogP contribution in [0.1, 0.15) is 23.6 Å². The minimum absolute atomic E-state index is 0.333. The monoisotopic (exact) mass is 427 g/mol. The molecular formula is C21H20F3N7. The number of hydrogen-bond donors (Lipinski definition) is 2. The number of hydrogen-bond acceptors (Lipinski definition) is 6. The highest BCUT2D eigenvalue weighted by Crippen LogP contribution is 2.29. The predicted octanol–water partition coefficient (Wildman–Crippen LogP) is 4.33. The van der Waals surface area contributed by atoms with Gasteiger partial charge in [0.05, 0.1) is 18.4 Å². The Bertz CT molecular complexity index is 1160. The van der Waals surface area contributed by atoms with Gasteiger partial charge >= 0.3 is 6.18 Å². The Kier molecular flexibility index (Phi) is 5.70. The van der Waals surface area contributed by atoms with Crippen molar-refractivity contribution in [2.75, 3.05) is 17.2 Å². The lowest BCUT2D eigenvalue weighted by atomic mass is 10.1. The first-order valence-electron chi connectivity index (χ1n) is 9.69. The summed E-state index contributed by atoms with van der Waals surface area (Å²) in [5, 5.41) is 6.37. The minimum Gasteiger partial charge on any atom is -0.364 e. The Labute approximate surface area is 176 Å². The van der Waals surface area contributed by atoms with Gasteiger partial charge in [0, 0.05) is 25.5 Å². The van der Waals surface area contributed by atoms with Crippen LogP contribution < -0.4 is 10.6 Å². The van der Waals surface area contributed by atoms with E-state index in [4.69, 9.17) is 0 Å². The van der Waals surface area contributed by atoms with Gasteiger partial charge in [-0.25, -0.2) is 4.98 Å². The quantitative estimate of drug-likeness (QED) is 0.457. The molecule has 4 rings (SSSR count). The Hall–Kier alpha value is -3.69. The molecule has 0 atom stereocenters. The molecule has 0 aliphatic carbocycles. The molecule has 160 valence electrons. The maximum atomic E-state index is 12.8. The van der Waals surface area contributed by atoms with Crippen LogP contribution in [0.15, 0.2) is 55.1 Å². The third-order valence-corrected chi connectivity index (χ3v) is 4.62. The largest absolute Gasteiger partial charge is 0.416 e. The van der Waals surface area contributed by atoms with Crippen LogP contribution in [0.25, 0.3) is 11.2 Å². The molecule has 0 unspecified atom stereocenters. The zero-order chi connectivity index (χ0) is 21.8. The smallest absolute Gasteiger partial charge is 0.364 e. The van der Waals surface area contributed by atoms with Crippen molar-refractivity contribution in [2.45, 2.75) is 26.2 Å². The first-order chi connectivity index (χ1) is 14.9. The molecule has 0 fully saturated rings. The van der Waals surface area contributed by atoms with E-state index in [0.29, 0.717) is 48.1 Å². The van der Waals surface area contributed by atoms with Crippen molar-refractivity contribution in [2.24, 2.45) is 0 Å². The number of rotatable bonds is 7. The van der Waals surface area contributed by atoms with Crippen molar-refractivity contribution < 1.29 is 13.2 Å². The highest BCUT2D eigenvalue weighted by Gasteiger charge is 2.29. The topological polar surface area (TPSA) is 80.5 Å². The van der Waals surface area contributed by atoms with Crippen LogP contribution in [0.2, 0.25) is 0 Å². The van der Waals surface area contributed by atoms with E-state index in [1.165, 1.54) is 12.1 Å². The third-order valence-electron chi connectivity index (χ3n) is 4.62. The minimum atomic E-state index is -4.36. The maximum absolute atomic E-state index is 12.8. The molecule has 2 N–H and O–H groups in total. The number of pyridine rings is 1. The first kappa shape index (κ1) is 20.6. The van der Waals surface area contributed by atoms with E-state index in [0.717, 1.165) is 17.7 Å². The molecule has 0 aliphatic rings. The van der Waals surface area contributed by atoms with Crippen molar-refractivity contribution in [1.29, 1.82) is 0 Å². The number of anilines is 2. The SMILES string of the molecule is CCNc1nc(NCc2cccnc2)c2ncn(Cc3ccc(C(F)(F)F)cc3)c2n1. The first-order valence-corrected chi connectivity index (χ1v) is 9.69. The maximum Gasteiger partial charge on any atom is 0.416 e. The van der Waals surface area contributed by atoms with Crippen molar-refractivity contribution >= 4 is 22.9 Å². The molecule has 3 aromatic heterocycles. The number of nitrogens with zero attached hydrogens (tertiary/aromatic N) is 5. The fourth-order valence-electron chi connectivity index (χ4n) is 3.10. The van der Waals surface area contributed by atoms with Crippen LogP contribution in [0.5, 0.6) is 0 Å². The van der Waals surface area contributed by atoms with Crippen molar-refractivity contribution in [3.05, 3.63) is 71.8 Å². The van der Waals surface area contributed by atoms with Gasteiger partial charge in [-0.05, 0) is 36.2 Å². The summed E-state index contributed by atoms with van der Waals surface area (Å²) < 4.78 is 40.2. The second-order valence-corrected chi connectivity index (χ2v) is 6.88. The van der Waals surface area contributed by atoms with Crippen molar-refractivity contribution in [1.82, 2.24) is 24.5 Å². The Balaban J connectivity index is 1.63. The number of nitrogens with one attached hydrogen (secondary N) is 2. The number of fused-ring (bicyclic) bond motifs is 1. The fourth-order valence-corrected chi connectivity index (χ4v) is 3.10. The van der Waals surface area contributed by atoms with Gasteiger partial charge in [0.25, 0.3) is 0 Å². The van der Waals surface area contributed by atoms with E-state index in [9.17, 15) is 13.2 Å². The summed E-state index contributed by atoms with van der Waals surface area (Å²) >= 11 is 0. The lowest BCUT2D eigenvalue weighted by Gasteiger charge is -2.11. The summed E-state index contributed by atoms with van der Waals surface area (Å²) in [5.74, 6) is 1.01. The molecule has 7 nitrogen and oxygen atoms in total. The van der Waals surface area contributed by atoms with Gasteiger partial charge < -0.3 is 15.2 Å². The number of aromatic nitrogens is 5. The van der Waals surface area contributed by atoms with Crippen LogP contribution in [0.4, 0.5) is 24.9 Å². The number of benzene rings is 1. The molecule has 0 aliphatic heterocycles. The molecule has 3 heterocycles. The van der Waals surface area contributed by atoms with Crippen LogP contribution in [0, 0.1) is 0 Å². The van der Waals surface area contributed by atoms with E-state index >= 15 is 0 Å². The van der Waals surface area contributed by atoms with Gasteiger partial charge in [0.15, 0.2) is 17.0 Å². The molecule has 31 heavy (non-hydrogen) atoms. The van der Waals surface area contributed by atoms with Crippen LogP contribution >= 0.6 is 0 Å². The molecule has 0 amide bonds. The standard InChI is InChI=1S/C21H20F3N7/c1-2-26-20-29-18(27-11-15-4-3-9-25-10-15)17-19(30-20)31(13-28-17)12-14-5-7-16(8-6-14)21(22,23)24/h3-10,13H,2,11-12H2,1H3,(H2,26,27,29,30). The lowest BCUT2D eigenvalue weighted by Crippen LogP contribution is -2.09. The summed E-state index contributed by atoms with van der Waals surface area (Å²) in [5.41, 5.74) is 2.19. The summed E-state index contributed by atoms with van der Waals surface area (Å²) in [6.07, 6.45) is 0.726. The fraction of sp³-hybridized carbons (Fsp3) is 0.238. The molecule has 0 spiro atoms. The molecule has 0 radical (unpaired) electrons. The number of alkyl halides is 3. The van der Waals surface area contributed by atoms with Gasteiger partial charge in [-0.2, -0.15) is 23.1 Å².